The number of hydrogen-bond acceptors (Lipinski definition) is 3. The molecule has 0 aromatic carbocycles. The Balaban J connectivity index is 0.00000128. The largest absolute Gasteiger partial charge is 0.326 e. The molecule has 1 fully saturated rings. The van der Waals surface area contributed by atoms with Crippen molar-refractivity contribution in [3.05, 3.63) is 15.9 Å². The first-order chi connectivity index (χ1) is 7.08. The highest BCUT2D eigenvalue weighted by Crippen LogP contribution is 2.22. The van der Waals surface area contributed by atoms with Crippen LogP contribution in [0.4, 0.5) is 0 Å². The van der Waals surface area contributed by atoms with E-state index in [1.165, 1.54) is 5.69 Å². The van der Waals surface area contributed by atoms with Gasteiger partial charge in [0.2, 0.25) is 0 Å². The van der Waals surface area contributed by atoms with Crippen LogP contribution >= 0.6 is 28.3 Å². The number of nitrogens with two attached hydrogens (primary N) is 1. The number of halogens is 2. The molecular formula is C10H18BrClN4. The van der Waals surface area contributed by atoms with Gasteiger partial charge in [-0.3, -0.25) is 9.58 Å². The Hall–Kier alpha value is -0.100. The van der Waals surface area contributed by atoms with E-state index in [-0.39, 0.29) is 12.4 Å². The van der Waals surface area contributed by atoms with Crippen molar-refractivity contribution in [3.8, 4) is 0 Å². The lowest BCUT2D eigenvalue weighted by atomic mass is 10.3. The normalized spacial score (nSPS) is 21.1. The van der Waals surface area contributed by atoms with Crippen molar-refractivity contribution in [1.29, 1.82) is 0 Å². The lowest BCUT2D eigenvalue weighted by Gasteiger charge is -2.15. The maximum Gasteiger partial charge on any atom is 0.0739 e. The van der Waals surface area contributed by atoms with Crippen LogP contribution in [0.15, 0.2) is 4.47 Å². The van der Waals surface area contributed by atoms with Crippen LogP contribution < -0.4 is 5.73 Å². The zero-order valence-electron chi connectivity index (χ0n) is 9.61. The quantitative estimate of drug-likeness (QED) is 0.899. The Labute approximate surface area is 111 Å². The fourth-order valence-corrected chi connectivity index (χ4v) is 2.53. The van der Waals surface area contributed by atoms with E-state index in [1.807, 2.05) is 18.7 Å². The highest BCUT2D eigenvalue weighted by molar-refractivity contribution is 9.10. The Kier molecular flexibility index (Phi) is 4.79. The lowest BCUT2D eigenvalue weighted by molar-refractivity contribution is 0.316. The van der Waals surface area contributed by atoms with E-state index in [1.54, 1.807) is 0 Å². The minimum atomic E-state index is 0. The van der Waals surface area contributed by atoms with Gasteiger partial charge in [-0.15, -0.1) is 12.4 Å². The highest BCUT2D eigenvalue weighted by atomic mass is 79.9. The molecule has 1 aliphatic rings. The van der Waals surface area contributed by atoms with Crippen molar-refractivity contribution in [2.45, 2.75) is 25.9 Å². The molecule has 1 aliphatic heterocycles. The zero-order valence-corrected chi connectivity index (χ0v) is 12.0. The Bertz CT molecular complexity index is 366. The number of rotatable bonds is 2. The summed E-state index contributed by atoms with van der Waals surface area (Å²) in [5, 5.41) is 4.38. The number of aryl methyl sites for hydroxylation is 2. The Morgan fingerprint density at radius 3 is 2.69 bits per heavy atom. The molecule has 1 saturated heterocycles. The summed E-state index contributed by atoms with van der Waals surface area (Å²) < 4.78 is 3.08. The Morgan fingerprint density at radius 2 is 2.25 bits per heavy atom. The lowest BCUT2D eigenvalue weighted by Crippen LogP contribution is -2.27. The second-order valence-corrected chi connectivity index (χ2v) is 5.05. The molecule has 4 nitrogen and oxygen atoms in total. The molecule has 0 amide bonds. The molecule has 6 heteroatoms. The molecule has 16 heavy (non-hydrogen) atoms. The number of nitrogens with zero attached hydrogens (tertiary/aromatic N) is 3. The molecule has 2 heterocycles. The fraction of sp³-hybridized carbons (Fsp3) is 0.700. The van der Waals surface area contributed by atoms with E-state index >= 15 is 0 Å². The number of aromatic nitrogens is 2. The van der Waals surface area contributed by atoms with Gasteiger partial charge < -0.3 is 5.73 Å². The van der Waals surface area contributed by atoms with Gasteiger partial charge in [0.15, 0.2) is 0 Å². The summed E-state index contributed by atoms with van der Waals surface area (Å²) in [5.41, 5.74) is 8.17. The van der Waals surface area contributed by atoms with Crippen LogP contribution in [0.1, 0.15) is 17.8 Å². The molecule has 0 spiro atoms. The first-order valence-electron chi connectivity index (χ1n) is 5.24. The van der Waals surface area contributed by atoms with Gasteiger partial charge in [0.05, 0.1) is 15.9 Å². The number of likely N-dealkylation sites (tertiary alicyclic amines) is 1. The third-order valence-corrected chi connectivity index (χ3v) is 3.98. The second-order valence-electron chi connectivity index (χ2n) is 4.25. The van der Waals surface area contributed by atoms with E-state index in [0.717, 1.165) is 36.2 Å². The molecular weight excluding hydrogens is 291 g/mol. The van der Waals surface area contributed by atoms with Crippen molar-refractivity contribution in [2.75, 3.05) is 13.1 Å². The molecule has 0 bridgehead atoms. The zero-order chi connectivity index (χ0) is 11.0. The predicted molar refractivity (Wildman–Crippen MR) is 70.8 cm³/mol. The Morgan fingerprint density at radius 1 is 1.56 bits per heavy atom. The summed E-state index contributed by atoms with van der Waals surface area (Å²) in [6.07, 6.45) is 1.11. The SMILES string of the molecule is Cc1nn(C)c(CN2CCC(N)C2)c1Br.Cl. The fourth-order valence-electron chi connectivity index (χ4n) is 2.07. The summed E-state index contributed by atoms with van der Waals surface area (Å²) in [6, 6.07) is 0.345. The monoisotopic (exact) mass is 308 g/mol. The van der Waals surface area contributed by atoms with Crippen LogP contribution in [-0.4, -0.2) is 33.8 Å². The highest BCUT2D eigenvalue weighted by Gasteiger charge is 2.21. The van der Waals surface area contributed by atoms with E-state index < -0.39 is 0 Å². The van der Waals surface area contributed by atoms with Gasteiger partial charge in [-0.1, -0.05) is 0 Å². The van der Waals surface area contributed by atoms with Crippen molar-refractivity contribution in [2.24, 2.45) is 12.8 Å². The molecule has 2 rings (SSSR count). The van der Waals surface area contributed by atoms with E-state index in [9.17, 15) is 0 Å². The summed E-state index contributed by atoms with van der Waals surface area (Å²) in [6.45, 7) is 5.05. The van der Waals surface area contributed by atoms with Gasteiger partial charge in [-0.25, -0.2) is 0 Å². The minimum absolute atomic E-state index is 0. The second kappa shape index (κ2) is 5.49. The van der Waals surface area contributed by atoms with E-state index in [2.05, 4.69) is 25.9 Å². The van der Waals surface area contributed by atoms with Crippen LogP contribution in [0.2, 0.25) is 0 Å². The predicted octanol–water partition coefficient (Wildman–Crippen LogP) is 1.45. The van der Waals surface area contributed by atoms with Crippen molar-refractivity contribution in [1.82, 2.24) is 14.7 Å². The van der Waals surface area contributed by atoms with Crippen LogP contribution in [0.3, 0.4) is 0 Å². The standard InChI is InChI=1S/C10H17BrN4.ClH/c1-7-10(11)9(14(2)13-7)6-15-4-3-8(12)5-15;/h8H,3-6,12H2,1-2H3;1H. The molecule has 0 saturated carbocycles. The maximum absolute atomic E-state index is 5.88. The third-order valence-electron chi connectivity index (χ3n) is 2.94. The van der Waals surface area contributed by atoms with Gasteiger partial charge in [0.1, 0.15) is 0 Å². The smallest absolute Gasteiger partial charge is 0.0739 e. The third kappa shape index (κ3) is 2.77. The summed E-state index contributed by atoms with van der Waals surface area (Å²) in [7, 11) is 1.99. The average molecular weight is 310 g/mol. The maximum atomic E-state index is 5.88. The van der Waals surface area contributed by atoms with E-state index in [4.69, 9.17) is 5.73 Å². The van der Waals surface area contributed by atoms with Crippen molar-refractivity contribution >= 4 is 28.3 Å². The first-order valence-corrected chi connectivity index (χ1v) is 6.03. The molecule has 1 atom stereocenters. The molecule has 2 N–H and O–H groups in total. The van der Waals surface area contributed by atoms with Gasteiger partial charge in [0.25, 0.3) is 0 Å². The molecule has 1 aromatic rings. The molecule has 92 valence electrons. The van der Waals surface area contributed by atoms with Crippen molar-refractivity contribution < 1.29 is 0 Å². The van der Waals surface area contributed by atoms with Gasteiger partial charge in [-0.2, -0.15) is 5.10 Å². The van der Waals surface area contributed by atoms with Crippen LogP contribution in [0.5, 0.6) is 0 Å². The van der Waals surface area contributed by atoms with Crippen molar-refractivity contribution in [3.63, 3.8) is 0 Å². The summed E-state index contributed by atoms with van der Waals surface area (Å²) in [5.74, 6) is 0. The molecule has 1 aromatic heterocycles. The van der Waals surface area contributed by atoms with Gasteiger partial charge in [-0.05, 0) is 29.3 Å². The van der Waals surface area contributed by atoms with Crippen LogP contribution in [0, 0.1) is 6.92 Å². The number of hydrogen-bond donors (Lipinski definition) is 1. The van der Waals surface area contributed by atoms with Crippen LogP contribution in [-0.2, 0) is 13.6 Å². The molecule has 0 aliphatic carbocycles. The van der Waals surface area contributed by atoms with Gasteiger partial charge >= 0.3 is 0 Å². The van der Waals surface area contributed by atoms with Crippen LogP contribution in [0.25, 0.3) is 0 Å². The van der Waals surface area contributed by atoms with Gasteiger partial charge in [0, 0.05) is 32.7 Å². The average Bonchev–Trinajstić information content (AvgIpc) is 2.67. The van der Waals surface area contributed by atoms with E-state index in [0.29, 0.717) is 6.04 Å². The topological polar surface area (TPSA) is 47.1 Å². The molecule has 1 unspecified atom stereocenters. The summed E-state index contributed by atoms with van der Waals surface area (Å²) in [4.78, 5) is 2.38. The summed E-state index contributed by atoms with van der Waals surface area (Å²) >= 11 is 3.58. The minimum Gasteiger partial charge on any atom is -0.326 e. The molecule has 0 radical (unpaired) electrons. The first kappa shape index (κ1) is 14.0.